The first-order chi connectivity index (χ1) is 23.1. The van der Waals surface area contributed by atoms with E-state index in [9.17, 15) is 39.9 Å². The summed E-state index contributed by atoms with van der Waals surface area (Å²) in [7, 11) is 0. The van der Waals surface area contributed by atoms with Crippen LogP contribution in [0.2, 0.25) is 0 Å². The Labute approximate surface area is 285 Å². The number of carbonyl (C=O) groups excluding carboxylic acids is 2. The lowest BCUT2D eigenvalue weighted by Crippen LogP contribution is -2.68. The van der Waals surface area contributed by atoms with Crippen molar-refractivity contribution in [2.75, 3.05) is 46.2 Å². The first kappa shape index (κ1) is 43.7. The Bertz CT molecular complexity index is 932. The maximum absolute atomic E-state index is 12.4. The van der Waals surface area contributed by atoms with Gasteiger partial charge in [-0.3, -0.25) is 9.59 Å². The van der Waals surface area contributed by atoms with Crippen LogP contribution in [0.15, 0.2) is 0 Å². The molecular formula is C34H60N2O12. The first-order valence-electron chi connectivity index (χ1n) is 17.5. The van der Waals surface area contributed by atoms with Gasteiger partial charge in [-0.2, -0.15) is 0 Å². The van der Waals surface area contributed by atoms with Crippen LogP contribution in [-0.4, -0.2) is 126 Å². The lowest BCUT2D eigenvalue weighted by atomic mass is 9.88. The van der Waals surface area contributed by atoms with Gasteiger partial charge in [-0.15, -0.1) is 6.42 Å². The van der Waals surface area contributed by atoms with E-state index in [1.807, 2.05) is 0 Å². The SMILES string of the molecule is C#CCOCCOCCO[C@]1(C(=O)O)C[C@H](O)[C@@H](NC(=O)CO)[C@H]([C@H](O)[C@H](O)CNC(=O)CCCCCCCCCCCCCCC)O1. The van der Waals surface area contributed by atoms with E-state index < -0.39 is 67.7 Å². The molecule has 7 N–H and O–H groups in total. The normalized spacial score (nSPS) is 22.0. The summed E-state index contributed by atoms with van der Waals surface area (Å²) in [5, 5.41) is 56.6. The van der Waals surface area contributed by atoms with Crippen LogP contribution in [0.3, 0.4) is 0 Å². The van der Waals surface area contributed by atoms with E-state index >= 15 is 0 Å². The molecule has 0 aromatic carbocycles. The second kappa shape index (κ2) is 26.5. The molecule has 0 unspecified atom stereocenters. The van der Waals surface area contributed by atoms with Crippen molar-refractivity contribution in [3.63, 3.8) is 0 Å². The van der Waals surface area contributed by atoms with E-state index in [-0.39, 0.29) is 45.4 Å². The number of hydrogen-bond acceptors (Lipinski definition) is 11. The number of carboxylic acids is 1. The van der Waals surface area contributed by atoms with Crippen molar-refractivity contribution in [1.82, 2.24) is 10.6 Å². The average Bonchev–Trinajstić information content (AvgIpc) is 3.07. The summed E-state index contributed by atoms with van der Waals surface area (Å²) in [5.74, 6) is -3.04. The fraction of sp³-hybridized carbons (Fsp3) is 0.853. The number of terminal acetylenes is 1. The summed E-state index contributed by atoms with van der Waals surface area (Å²) in [6, 6.07) is -1.42. The number of rotatable bonds is 29. The zero-order chi connectivity index (χ0) is 35.6. The third kappa shape index (κ3) is 17.9. The number of ether oxygens (including phenoxy) is 4. The number of aliphatic carboxylic acids is 1. The maximum Gasteiger partial charge on any atom is 0.364 e. The molecule has 48 heavy (non-hydrogen) atoms. The summed E-state index contributed by atoms with van der Waals surface area (Å²) in [6.45, 7) is 0.987. The van der Waals surface area contributed by atoms with Gasteiger partial charge in [0.25, 0.3) is 5.79 Å². The Morgan fingerprint density at radius 1 is 0.896 bits per heavy atom. The van der Waals surface area contributed by atoms with Crippen LogP contribution in [0, 0.1) is 12.3 Å². The Morgan fingerprint density at radius 2 is 1.46 bits per heavy atom. The number of aliphatic hydroxyl groups excluding tert-OH is 4. The number of unbranched alkanes of at least 4 members (excludes halogenated alkanes) is 12. The van der Waals surface area contributed by atoms with Gasteiger partial charge < -0.3 is 55.1 Å². The van der Waals surface area contributed by atoms with Crippen molar-refractivity contribution in [3.8, 4) is 12.3 Å². The Balaban J connectivity index is 2.56. The van der Waals surface area contributed by atoms with Crippen molar-refractivity contribution in [3.05, 3.63) is 0 Å². The van der Waals surface area contributed by atoms with E-state index in [1.54, 1.807) is 0 Å². The number of hydrogen-bond donors (Lipinski definition) is 7. The zero-order valence-electron chi connectivity index (χ0n) is 28.6. The molecule has 0 radical (unpaired) electrons. The highest BCUT2D eigenvalue weighted by atomic mass is 16.7. The molecule has 1 saturated heterocycles. The molecule has 1 aliphatic rings. The minimum Gasteiger partial charge on any atom is -0.477 e. The van der Waals surface area contributed by atoms with Crippen LogP contribution in [0.4, 0.5) is 0 Å². The van der Waals surface area contributed by atoms with E-state index in [0.717, 1.165) is 19.3 Å². The van der Waals surface area contributed by atoms with Crippen molar-refractivity contribution in [1.29, 1.82) is 0 Å². The highest BCUT2D eigenvalue weighted by Crippen LogP contribution is 2.33. The van der Waals surface area contributed by atoms with Crippen LogP contribution < -0.4 is 10.6 Å². The van der Waals surface area contributed by atoms with Crippen molar-refractivity contribution >= 4 is 17.8 Å². The van der Waals surface area contributed by atoms with Gasteiger partial charge in [-0.1, -0.05) is 89.9 Å². The molecule has 278 valence electrons. The average molecular weight is 689 g/mol. The molecule has 1 heterocycles. The minimum atomic E-state index is -2.47. The first-order valence-corrected chi connectivity index (χ1v) is 17.5. The van der Waals surface area contributed by atoms with Crippen LogP contribution in [0.1, 0.15) is 103 Å². The fourth-order valence-corrected chi connectivity index (χ4v) is 5.51. The number of carbonyl (C=O) groups is 3. The van der Waals surface area contributed by atoms with Gasteiger partial charge in [0.05, 0.1) is 44.7 Å². The molecule has 1 rings (SSSR count). The molecule has 0 aromatic rings. The Hall–Kier alpha value is -2.35. The van der Waals surface area contributed by atoms with Gasteiger partial charge in [0.2, 0.25) is 11.8 Å². The van der Waals surface area contributed by atoms with E-state index in [2.05, 4.69) is 23.5 Å². The van der Waals surface area contributed by atoms with Crippen molar-refractivity contribution in [2.24, 2.45) is 0 Å². The van der Waals surface area contributed by atoms with E-state index in [4.69, 9.17) is 25.4 Å². The highest BCUT2D eigenvalue weighted by Gasteiger charge is 2.55. The number of nitrogens with one attached hydrogen (secondary N) is 2. The molecule has 1 fully saturated rings. The second-order valence-electron chi connectivity index (χ2n) is 12.2. The molecular weight excluding hydrogens is 628 g/mol. The topological polar surface area (TPSA) is 213 Å². The van der Waals surface area contributed by atoms with Gasteiger partial charge in [0.15, 0.2) is 0 Å². The quantitative estimate of drug-likeness (QED) is 0.0439. The molecule has 0 saturated carbocycles. The maximum atomic E-state index is 12.4. The standard InChI is InChI=1S/C34H60N2O12/c1-3-5-6-7-8-9-10-11-12-13-14-15-16-17-28(40)35-24-27(39)31(42)32-30(36-29(41)25-37)26(38)23-34(48-32,33(43)44)47-22-21-46-20-19-45-18-4-2/h2,26-27,30-32,37-39,42H,3,5-25H2,1H3,(H,35,40)(H,36,41)(H,43,44)/t26-,27+,30+,31+,32+,34+/m0/s1. The third-order valence-corrected chi connectivity index (χ3v) is 8.24. The predicted octanol–water partition coefficient (Wildman–Crippen LogP) is 1.40. The van der Waals surface area contributed by atoms with Gasteiger partial charge in [-0.25, -0.2) is 4.79 Å². The molecule has 14 heteroatoms. The zero-order valence-corrected chi connectivity index (χ0v) is 28.6. The molecule has 0 aromatic heterocycles. The Kier molecular flexibility index (Phi) is 24.1. The summed E-state index contributed by atoms with van der Waals surface area (Å²) >= 11 is 0. The number of amides is 2. The van der Waals surface area contributed by atoms with Crippen molar-refractivity contribution < 1.29 is 58.9 Å². The second-order valence-corrected chi connectivity index (χ2v) is 12.2. The molecule has 0 spiro atoms. The van der Waals surface area contributed by atoms with E-state index in [0.29, 0.717) is 6.42 Å². The highest BCUT2D eigenvalue weighted by molar-refractivity contribution is 5.78. The minimum absolute atomic E-state index is 0.0697. The summed E-state index contributed by atoms with van der Waals surface area (Å²) in [6.07, 6.45) is 13.1. The molecule has 2 amide bonds. The molecule has 0 bridgehead atoms. The number of carboxylic acid groups (broad SMARTS) is 1. The Morgan fingerprint density at radius 3 is 2.02 bits per heavy atom. The molecule has 0 aliphatic carbocycles. The van der Waals surface area contributed by atoms with E-state index in [1.165, 1.54) is 57.8 Å². The number of aliphatic hydroxyl groups is 4. The fourth-order valence-electron chi connectivity index (χ4n) is 5.51. The summed E-state index contributed by atoms with van der Waals surface area (Å²) in [4.78, 5) is 36.7. The monoisotopic (exact) mass is 688 g/mol. The van der Waals surface area contributed by atoms with Gasteiger partial charge in [0, 0.05) is 19.4 Å². The molecule has 1 aliphatic heterocycles. The van der Waals surface area contributed by atoms with Gasteiger partial charge in [0.1, 0.15) is 25.4 Å². The van der Waals surface area contributed by atoms with Crippen molar-refractivity contribution in [2.45, 2.75) is 139 Å². The smallest absolute Gasteiger partial charge is 0.364 e. The largest absolute Gasteiger partial charge is 0.477 e. The van der Waals surface area contributed by atoms with Crippen LogP contribution >= 0.6 is 0 Å². The van der Waals surface area contributed by atoms with Crippen LogP contribution in [-0.2, 0) is 33.3 Å². The predicted molar refractivity (Wildman–Crippen MR) is 177 cm³/mol. The lowest BCUT2D eigenvalue weighted by Gasteiger charge is -2.46. The third-order valence-electron chi connectivity index (χ3n) is 8.24. The summed E-state index contributed by atoms with van der Waals surface area (Å²) < 4.78 is 21.5. The van der Waals surface area contributed by atoms with Gasteiger partial charge in [-0.05, 0) is 6.42 Å². The van der Waals surface area contributed by atoms with Crippen LogP contribution in [0.5, 0.6) is 0 Å². The lowest BCUT2D eigenvalue weighted by molar-refractivity contribution is -0.312. The van der Waals surface area contributed by atoms with Gasteiger partial charge >= 0.3 is 5.97 Å². The molecule has 6 atom stereocenters. The molecule has 14 nitrogen and oxygen atoms in total. The summed E-state index contributed by atoms with van der Waals surface area (Å²) in [5.41, 5.74) is 0. The van der Waals surface area contributed by atoms with Crippen LogP contribution in [0.25, 0.3) is 0 Å².